The third-order valence-electron chi connectivity index (χ3n) is 2.85. The van der Waals surface area contributed by atoms with Crippen molar-refractivity contribution in [1.82, 2.24) is 4.90 Å². The third kappa shape index (κ3) is 2.61. The van der Waals surface area contributed by atoms with Gasteiger partial charge in [-0.05, 0) is 40.5 Å². The zero-order chi connectivity index (χ0) is 12.4. The fourth-order valence-corrected chi connectivity index (χ4v) is 2.45. The summed E-state index contributed by atoms with van der Waals surface area (Å²) < 4.78 is 5.87. The van der Waals surface area contributed by atoms with Gasteiger partial charge in [0.25, 0.3) is 5.91 Å². The van der Waals surface area contributed by atoms with Crippen LogP contribution in [0.3, 0.4) is 0 Å². The molecule has 1 heterocycles. The topological polar surface area (TPSA) is 49.8 Å². The lowest BCUT2D eigenvalue weighted by Crippen LogP contribution is -2.29. The Hall–Kier alpha value is -1.07. The highest BCUT2D eigenvalue weighted by molar-refractivity contribution is 9.10. The van der Waals surface area contributed by atoms with Crippen molar-refractivity contribution < 1.29 is 14.6 Å². The van der Waals surface area contributed by atoms with Gasteiger partial charge in [-0.2, -0.15) is 0 Å². The summed E-state index contributed by atoms with van der Waals surface area (Å²) in [5.74, 6) is 0.646. The van der Waals surface area contributed by atoms with Crippen molar-refractivity contribution in [2.75, 3.05) is 20.2 Å². The lowest BCUT2D eigenvalue weighted by atomic mass is 10.2. The number of hydrogen-bond donors (Lipinski definition) is 1. The van der Waals surface area contributed by atoms with Crippen LogP contribution in [0.25, 0.3) is 0 Å². The Morgan fingerprint density at radius 2 is 2.35 bits per heavy atom. The van der Waals surface area contributed by atoms with Gasteiger partial charge in [-0.15, -0.1) is 0 Å². The standard InChI is InChI=1S/C12H14BrNO3/c1-17-11-3-2-8(6-10(11)13)12(16)14-5-4-9(15)7-14/h2-3,6,9,15H,4-5,7H2,1H3/t9-/m1/s1. The van der Waals surface area contributed by atoms with Gasteiger partial charge in [-0.3, -0.25) is 4.79 Å². The van der Waals surface area contributed by atoms with Crippen molar-refractivity contribution in [2.24, 2.45) is 0 Å². The van der Waals surface area contributed by atoms with Gasteiger partial charge in [0.1, 0.15) is 5.75 Å². The maximum absolute atomic E-state index is 12.1. The first-order chi connectivity index (χ1) is 8.11. The van der Waals surface area contributed by atoms with Crippen molar-refractivity contribution in [3.63, 3.8) is 0 Å². The van der Waals surface area contributed by atoms with Gasteiger partial charge in [0.15, 0.2) is 0 Å². The molecule has 1 atom stereocenters. The number of methoxy groups -OCH3 is 1. The zero-order valence-electron chi connectivity index (χ0n) is 9.52. The Kier molecular flexibility index (Phi) is 3.69. The van der Waals surface area contributed by atoms with Crippen molar-refractivity contribution in [3.05, 3.63) is 28.2 Å². The van der Waals surface area contributed by atoms with Gasteiger partial charge in [0.05, 0.1) is 17.7 Å². The minimum atomic E-state index is -0.388. The number of amides is 1. The summed E-state index contributed by atoms with van der Waals surface area (Å²) in [6.45, 7) is 1.03. The largest absolute Gasteiger partial charge is 0.496 e. The van der Waals surface area contributed by atoms with E-state index in [0.29, 0.717) is 30.8 Å². The number of benzene rings is 1. The van der Waals surface area contributed by atoms with Crippen LogP contribution < -0.4 is 4.74 Å². The van der Waals surface area contributed by atoms with Crippen molar-refractivity contribution in [2.45, 2.75) is 12.5 Å². The van der Waals surface area contributed by atoms with E-state index in [4.69, 9.17) is 4.74 Å². The Labute approximate surface area is 108 Å². The van der Waals surface area contributed by atoms with Crippen LogP contribution in [-0.4, -0.2) is 42.2 Å². The number of halogens is 1. The fraction of sp³-hybridized carbons (Fsp3) is 0.417. The van der Waals surface area contributed by atoms with Gasteiger partial charge in [0, 0.05) is 18.7 Å². The van der Waals surface area contributed by atoms with Crippen LogP contribution in [-0.2, 0) is 0 Å². The lowest BCUT2D eigenvalue weighted by Gasteiger charge is -2.16. The van der Waals surface area contributed by atoms with Crippen molar-refractivity contribution >= 4 is 21.8 Å². The van der Waals surface area contributed by atoms with E-state index < -0.39 is 0 Å². The maximum Gasteiger partial charge on any atom is 0.253 e. The number of ether oxygens (including phenoxy) is 1. The van der Waals surface area contributed by atoms with E-state index in [1.807, 2.05) is 0 Å². The fourth-order valence-electron chi connectivity index (χ4n) is 1.91. The van der Waals surface area contributed by atoms with E-state index >= 15 is 0 Å². The molecule has 1 fully saturated rings. The first kappa shape index (κ1) is 12.4. The van der Waals surface area contributed by atoms with E-state index in [-0.39, 0.29) is 12.0 Å². The van der Waals surface area contributed by atoms with Crippen molar-refractivity contribution in [1.29, 1.82) is 0 Å². The minimum absolute atomic E-state index is 0.0510. The first-order valence-corrected chi connectivity index (χ1v) is 6.22. The second-order valence-electron chi connectivity index (χ2n) is 4.04. The molecule has 92 valence electrons. The number of rotatable bonds is 2. The summed E-state index contributed by atoms with van der Waals surface area (Å²) in [6, 6.07) is 5.23. The van der Waals surface area contributed by atoms with Gasteiger partial charge in [0.2, 0.25) is 0 Å². The Morgan fingerprint density at radius 3 is 2.88 bits per heavy atom. The van der Waals surface area contributed by atoms with Crippen LogP contribution in [0.15, 0.2) is 22.7 Å². The quantitative estimate of drug-likeness (QED) is 0.904. The number of aliphatic hydroxyl groups excluding tert-OH is 1. The predicted octanol–water partition coefficient (Wildman–Crippen LogP) is 1.66. The summed E-state index contributed by atoms with van der Waals surface area (Å²) in [5.41, 5.74) is 0.603. The molecule has 0 radical (unpaired) electrons. The summed E-state index contributed by atoms with van der Waals surface area (Å²) in [7, 11) is 1.58. The third-order valence-corrected chi connectivity index (χ3v) is 3.47. The molecule has 0 bridgehead atoms. The minimum Gasteiger partial charge on any atom is -0.496 e. The van der Waals surface area contributed by atoms with Crippen LogP contribution in [0.1, 0.15) is 16.8 Å². The van der Waals surface area contributed by atoms with Crippen LogP contribution in [0.2, 0.25) is 0 Å². The molecule has 1 N–H and O–H groups in total. The molecule has 0 saturated carbocycles. The number of carbonyl (C=O) groups is 1. The highest BCUT2D eigenvalue weighted by atomic mass is 79.9. The molecular formula is C12H14BrNO3. The zero-order valence-corrected chi connectivity index (χ0v) is 11.1. The molecule has 1 saturated heterocycles. The molecule has 0 aliphatic carbocycles. The van der Waals surface area contributed by atoms with E-state index in [2.05, 4.69) is 15.9 Å². The second kappa shape index (κ2) is 5.06. The smallest absolute Gasteiger partial charge is 0.253 e. The van der Waals surface area contributed by atoms with Crippen LogP contribution in [0.4, 0.5) is 0 Å². The van der Waals surface area contributed by atoms with Crippen LogP contribution in [0.5, 0.6) is 5.75 Å². The molecule has 5 heteroatoms. The second-order valence-corrected chi connectivity index (χ2v) is 4.90. The average molecular weight is 300 g/mol. The molecule has 1 aliphatic heterocycles. The maximum atomic E-state index is 12.1. The molecule has 1 amide bonds. The highest BCUT2D eigenvalue weighted by Crippen LogP contribution is 2.26. The Bertz CT molecular complexity index is 436. The molecular weight excluding hydrogens is 286 g/mol. The average Bonchev–Trinajstić information content (AvgIpc) is 2.75. The first-order valence-electron chi connectivity index (χ1n) is 5.42. The molecule has 1 aromatic carbocycles. The molecule has 2 rings (SSSR count). The molecule has 4 nitrogen and oxygen atoms in total. The van der Waals surface area contributed by atoms with Gasteiger partial charge >= 0.3 is 0 Å². The number of hydrogen-bond acceptors (Lipinski definition) is 3. The number of carbonyl (C=O) groups excluding carboxylic acids is 1. The van der Waals surface area contributed by atoms with Crippen LogP contribution in [0, 0.1) is 0 Å². The molecule has 0 unspecified atom stereocenters. The normalized spacial score (nSPS) is 19.5. The highest BCUT2D eigenvalue weighted by Gasteiger charge is 2.25. The Balaban J connectivity index is 2.17. The lowest BCUT2D eigenvalue weighted by molar-refractivity contribution is 0.0765. The molecule has 1 aliphatic rings. The predicted molar refractivity (Wildman–Crippen MR) is 67.2 cm³/mol. The number of aliphatic hydroxyl groups is 1. The van der Waals surface area contributed by atoms with E-state index in [9.17, 15) is 9.90 Å². The number of likely N-dealkylation sites (tertiary alicyclic amines) is 1. The van der Waals surface area contributed by atoms with E-state index in [0.717, 1.165) is 4.47 Å². The van der Waals surface area contributed by atoms with Crippen molar-refractivity contribution in [3.8, 4) is 5.75 Å². The SMILES string of the molecule is COc1ccc(C(=O)N2CC[C@@H](O)C2)cc1Br. The summed E-state index contributed by atoms with van der Waals surface area (Å²) >= 11 is 3.35. The summed E-state index contributed by atoms with van der Waals surface area (Å²) in [5, 5.41) is 9.41. The molecule has 0 aromatic heterocycles. The monoisotopic (exact) mass is 299 g/mol. The summed E-state index contributed by atoms with van der Waals surface area (Å²) in [6.07, 6.45) is 0.268. The Morgan fingerprint density at radius 1 is 1.59 bits per heavy atom. The molecule has 1 aromatic rings. The number of nitrogens with zero attached hydrogens (tertiary/aromatic N) is 1. The molecule has 0 spiro atoms. The van der Waals surface area contributed by atoms with Crippen LogP contribution >= 0.6 is 15.9 Å². The van der Waals surface area contributed by atoms with Gasteiger partial charge in [-0.1, -0.05) is 0 Å². The molecule has 17 heavy (non-hydrogen) atoms. The van der Waals surface area contributed by atoms with Gasteiger partial charge < -0.3 is 14.7 Å². The van der Waals surface area contributed by atoms with E-state index in [1.54, 1.807) is 30.2 Å². The summed E-state index contributed by atoms with van der Waals surface area (Å²) in [4.78, 5) is 13.8. The van der Waals surface area contributed by atoms with E-state index in [1.165, 1.54) is 0 Å². The number of β-amino-alcohol motifs (C(OH)–C–C–N with tert-alkyl or cyclic N) is 1. The van der Waals surface area contributed by atoms with Gasteiger partial charge in [-0.25, -0.2) is 0 Å².